The van der Waals surface area contributed by atoms with E-state index in [4.69, 9.17) is 0 Å². The van der Waals surface area contributed by atoms with Crippen molar-refractivity contribution in [1.29, 1.82) is 0 Å². The highest BCUT2D eigenvalue weighted by atomic mass is 32.1. The number of aromatic nitrogens is 1. The number of amides is 2. The first-order valence-corrected chi connectivity index (χ1v) is 7.12. The van der Waals surface area contributed by atoms with E-state index in [-0.39, 0.29) is 5.91 Å². The third-order valence-electron chi connectivity index (χ3n) is 2.21. The van der Waals surface area contributed by atoms with E-state index < -0.39 is 18.6 Å². The summed E-state index contributed by atoms with van der Waals surface area (Å²) in [7, 11) is 0. The third-order valence-corrected chi connectivity index (χ3v) is 3.77. The van der Waals surface area contributed by atoms with E-state index >= 15 is 0 Å². The molecular weight excluding hydrogens is 286 g/mol. The minimum Gasteiger partial charge on any atom is -0.394 e. The molecular formula is C11H11N3O3S2. The number of aliphatic hydroxyl groups excluding tert-OH is 1. The lowest BCUT2D eigenvalue weighted by Gasteiger charge is -2.14. The standard InChI is InChI=1S/C11H11N3O3S2/c15-6-7(9(16)14-11-12-3-5-19-11)13-10(17)8-2-1-4-18-8/h1-5,7,15H,6H2,(H,13,17)(H,12,14,16)/t7-/m0/s1. The molecule has 0 aromatic carbocycles. The molecule has 0 aliphatic heterocycles. The Morgan fingerprint density at radius 2 is 2.21 bits per heavy atom. The van der Waals surface area contributed by atoms with Gasteiger partial charge in [0.1, 0.15) is 6.04 Å². The van der Waals surface area contributed by atoms with Crippen molar-refractivity contribution >= 4 is 39.6 Å². The molecule has 0 unspecified atom stereocenters. The maximum absolute atomic E-state index is 11.8. The van der Waals surface area contributed by atoms with Crippen LogP contribution >= 0.6 is 22.7 Å². The summed E-state index contributed by atoms with van der Waals surface area (Å²) in [5.74, 6) is -0.884. The topological polar surface area (TPSA) is 91.3 Å². The maximum Gasteiger partial charge on any atom is 0.262 e. The minimum absolute atomic E-state index is 0.386. The van der Waals surface area contributed by atoms with E-state index in [9.17, 15) is 14.7 Å². The molecule has 2 aromatic rings. The molecule has 2 rings (SSSR count). The number of nitrogens with zero attached hydrogens (tertiary/aromatic N) is 1. The quantitative estimate of drug-likeness (QED) is 0.766. The zero-order valence-electron chi connectivity index (χ0n) is 9.70. The van der Waals surface area contributed by atoms with Gasteiger partial charge in [-0.05, 0) is 11.4 Å². The van der Waals surface area contributed by atoms with Gasteiger partial charge in [-0.3, -0.25) is 9.59 Å². The van der Waals surface area contributed by atoms with Gasteiger partial charge in [-0.15, -0.1) is 22.7 Å². The highest BCUT2D eigenvalue weighted by molar-refractivity contribution is 7.13. The lowest BCUT2D eigenvalue weighted by molar-refractivity contribution is -0.118. The summed E-state index contributed by atoms with van der Waals surface area (Å²) in [5.41, 5.74) is 0. The highest BCUT2D eigenvalue weighted by Gasteiger charge is 2.21. The van der Waals surface area contributed by atoms with Crippen molar-refractivity contribution in [2.45, 2.75) is 6.04 Å². The second kappa shape index (κ2) is 6.41. The Kier molecular flexibility index (Phi) is 4.61. The Morgan fingerprint density at radius 3 is 2.79 bits per heavy atom. The van der Waals surface area contributed by atoms with Gasteiger partial charge in [0.05, 0.1) is 11.5 Å². The van der Waals surface area contributed by atoms with Gasteiger partial charge >= 0.3 is 0 Å². The van der Waals surface area contributed by atoms with Gasteiger partial charge in [-0.1, -0.05) is 6.07 Å². The molecule has 19 heavy (non-hydrogen) atoms. The number of thiophene rings is 1. The lowest BCUT2D eigenvalue weighted by atomic mass is 10.3. The van der Waals surface area contributed by atoms with Gasteiger partial charge in [0.25, 0.3) is 11.8 Å². The second-order valence-electron chi connectivity index (χ2n) is 3.51. The summed E-state index contributed by atoms with van der Waals surface area (Å²) >= 11 is 2.53. The number of aliphatic hydroxyl groups is 1. The fraction of sp³-hybridized carbons (Fsp3) is 0.182. The van der Waals surface area contributed by atoms with Gasteiger partial charge in [0.2, 0.25) is 0 Å². The van der Waals surface area contributed by atoms with Crippen molar-refractivity contribution in [3.63, 3.8) is 0 Å². The minimum atomic E-state index is -1.00. The average Bonchev–Trinajstić information content (AvgIpc) is 3.07. The molecule has 3 N–H and O–H groups in total. The fourth-order valence-corrected chi connectivity index (χ4v) is 2.47. The predicted octanol–water partition coefficient (Wildman–Crippen LogP) is 0.934. The smallest absolute Gasteiger partial charge is 0.262 e. The monoisotopic (exact) mass is 297 g/mol. The molecule has 0 spiro atoms. The Hall–Kier alpha value is -1.77. The first-order chi connectivity index (χ1) is 9.20. The molecule has 0 bridgehead atoms. The summed E-state index contributed by atoms with van der Waals surface area (Å²) in [5, 5.41) is 18.1. The molecule has 6 nitrogen and oxygen atoms in total. The maximum atomic E-state index is 11.8. The van der Waals surface area contributed by atoms with Crippen LogP contribution in [-0.4, -0.2) is 34.6 Å². The summed E-state index contributed by atoms with van der Waals surface area (Å²) in [6.07, 6.45) is 1.55. The molecule has 0 radical (unpaired) electrons. The highest BCUT2D eigenvalue weighted by Crippen LogP contribution is 2.11. The summed E-state index contributed by atoms with van der Waals surface area (Å²) in [6.45, 7) is -0.478. The Bertz CT molecular complexity index is 540. The number of hydrogen-bond donors (Lipinski definition) is 3. The van der Waals surface area contributed by atoms with E-state index in [0.29, 0.717) is 10.0 Å². The molecule has 0 saturated heterocycles. The molecule has 2 aromatic heterocycles. The van der Waals surface area contributed by atoms with Gasteiger partial charge in [0.15, 0.2) is 5.13 Å². The van der Waals surface area contributed by atoms with E-state index in [1.54, 1.807) is 29.1 Å². The Labute approximate surface area is 117 Å². The third kappa shape index (κ3) is 3.60. The molecule has 0 saturated carbocycles. The average molecular weight is 297 g/mol. The van der Waals surface area contributed by atoms with E-state index in [1.165, 1.54) is 22.7 Å². The number of thiazole rings is 1. The van der Waals surface area contributed by atoms with Crippen molar-refractivity contribution in [3.8, 4) is 0 Å². The zero-order valence-corrected chi connectivity index (χ0v) is 11.3. The van der Waals surface area contributed by atoms with Crippen LogP contribution in [-0.2, 0) is 4.79 Å². The molecule has 0 fully saturated rings. The van der Waals surface area contributed by atoms with Gasteiger partial charge in [0, 0.05) is 11.6 Å². The normalized spacial score (nSPS) is 11.8. The molecule has 0 aliphatic rings. The van der Waals surface area contributed by atoms with E-state index in [1.807, 2.05) is 0 Å². The van der Waals surface area contributed by atoms with Crippen LogP contribution in [0.4, 0.5) is 5.13 Å². The molecule has 0 aliphatic carbocycles. The predicted molar refractivity (Wildman–Crippen MR) is 73.4 cm³/mol. The first-order valence-electron chi connectivity index (χ1n) is 5.36. The van der Waals surface area contributed by atoms with Crippen LogP contribution in [0.2, 0.25) is 0 Å². The number of hydrogen-bond acceptors (Lipinski definition) is 6. The fourth-order valence-electron chi connectivity index (χ4n) is 1.31. The summed E-state index contributed by atoms with van der Waals surface area (Å²) < 4.78 is 0. The molecule has 100 valence electrons. The Balaban J connectivity index is 1.96. The number of rotatable bonds is 5. The molecule has 8 heteroatoms. The zero-order chi connectivity index (χ0) is 13.7. The lowest BCUT2D eigenvalue weighted by Crippen LogP contribution is -2.46. The van der Waals surface area contributed by atoms with Crippen molar-refractivity contribution in [3.05, 3.63) is 34.0 Å². The van der Waals surface area contributed by atoms with Crippen LogP contribution in [0.3, 0.4) is 0 Å². The van der Waals surface area contributed by atoms with E-state index in [2.05, 4.69) is 15.6 Å². The van der Waals surface area contributed by atoms with Gasteiger partial charge < -0.3 is 15.7 Å². The SMILES string of the molecule is O=C(N[C@@H](CO)C(=O)Nc1nccs1)c1cccs1. The number of nitrogens with one attached hydrogen (secondary N) is 2. The largest absolute Gasteiger partial charge is 0.394 e. The van der Waals surface area contributed by atoms with E-state index in [0.717, 1.165) is 0 Å². The Morgan fingerprint density at radius 1 is 1.37 bits per heavy atom. The number of anilines is 1. The second-order valence-corrected chi connectivity index (χ2v) is 5.35. The van der Waals surface area contributed by atoms with Crippen LogP contribution < -0.4 is 10.6 Å². The van der Waals surface area contributed by atoms with Crippen LogP contribution in [0.1, 0.15) is 9.67 Å². The summed E-state index contributed by atoms with van der Waals surface area (Å²) in [6, 6.07) is 2.38. The number of carbonyl (C=O) groups is 2. The van der Waals surface area contributed by atoms with Gasteiger partial charge in [-0.2, -0.15) is 0 Å². The van der Waals surface area contributed by atoms with Crippen LogP contribution in [0, 0.1) is 0 Å². The first kappa shape index (κ1) is 13.7. The molecule has 2 heterocycles. The summed E-state index contributed by atoms with van der Waals surface area (Å²) in [4.78, 5) is 28.0. The van der Waals surface area contributed by atoms with Crippen molar-refractivity contribution in [2.24, 2.45) is 0 Å². The van der Waals surface area contributed by atoms with Crippen LogP contribution in [0.5, 0.6) is 0 Å². The van der Waals surface area contributed by atoms with Gasteiger partial charge in [-0.25, -0.2) is 4.98 Å². The number of carbonyl (C=O) groups excluding carboxylic acids is 2. The van der Waals surface area contributed by atoms with Crippen LogP contribution in [0.15, 0.2) is 29.1 Å². The van der Waals surface area contributed by atoms with Crippen molar-refractivity contribution in [1.82, 2.24) is 10.3 Å². The van der Waals surface area contributed by atoms with Crippen molar-refractivity contribution < 1.29 is 14.7 Å². The molecule has 2 amide bonds. The molecule has 1 atom stereocenters. The van der Waals surface area contributed by atoms with Crippen LogP contribution in [0.25, 0.3) is 0 Å². The van der Waals surface area contributed by atoms with Crippen molar-refractivity contribution in [2.75, 3.05) is 11.9 Å².